The van der Waals surface area contributed by atoms with Crippen molar-refractivity contribution in [3.05, 3.63) is 0 Å². The third-order valence-corrected chi connectivity index (χ3v) is 14.9. The molecule has 7 heteroatoms. The van der Waals surface area contributed by atoms with Gasteiger partial charge < -0.3 is 0 Å². The summed E-state index contributed by atoms with van der Waals surface area (Å²) >= 11 is 0.465. The van der Waals surface area contributed by atoms with Crippen molar-refractivity contribution in [1.29, 1.82) is 0 Å². The number of hydrogen-bond acceptors (Lipinski definition) is 6. The minimum Gasteiger partial charge on any atom is -0.0617 e. The Labute approximate surface area is 253 Å². The van der Waals surface area contributed by atoms with E-state index in [2.05, 4.69) is 62.3 Å². The first kappa shape index (κ1) is 30.8. The Hall–Kier alpha value is 1.28. The molecule has 3 heterocycles. The van der Waals surface area contributed by atoms with Crippen LogP contribution in [0.5, 0.6) is 0 Å². The van der Waals surface area contributed by atoms with Gasteiger partial charge >= 0.3 is 222 Å². The van der Waals surface area contributed by atoms with Gasteiger partial charge in [-0.1, -0.05) is 20.8 Å². The summed E-state index contributed by atoms with van der Waals surface area (Å²) in [6.07, 6.45) is 0.579. The van der Waals surface area contributed by atoms with Crippen LogP contribution in [-0.2, 0) is 28.5 Å². The topological polar surface area (TPSA) is 63.2 Å². The zero-order valence-corrected chi connectivity index (χ0v) is 28.9. The molecule has 0 amide bonds. The van der Waals surface area contributed by atoms with Crippen molar-refractivity contribution in [2.45, 2.75) is 130 Å². The molecule has 0 aromatic carbocycles. The van der Waals surface area contributed by atoms with Gasteiger partial charge in [-0.3, -0.25) is 0 Å². The fourth-order valence-electron chi connectivity index (χ4n) is 6.35. The fraction of sp³-hybridized carbons (Fsp3) is 0.964. The average molecular weight is 567 g/mol. The molecule has 0 bridgehead atoms. The van der Waals surface area contributed by atoms with Crippen molar-refractivity contribution in [2.75, 3.05) is 0 Å². The molecule has 3 saturated heterocycles. The first-order valence-electron chi connectivity index (χ1n) is 14.2. The number of Topliss-reactive ketones (excluding diaryl/α,β-unsaturated/α-hetero) is 1. The van der Waals surface area contributed by atoms with E-state index in [9.17, 15) is 4.79 Å². The van der Waals surface area contributed by atoms with Gasteiger partial charge in [0.1, 0.15) is 0 Å². The van der Waals surface area contributed by atoms with Crippen molar-refractivity contribution in [1.82, 2.24) is 0 Å². The molecule has 0 aromatic heterocycles. The molecule has 35 heavy (non-hydrogen) atoms. The SMILES string of the molecule is CCC1O[C@@H](O[C@@H]2C(C(C)=O)O[C@@H](O[C@@H]3C(CC)OC(C)[CH]([Rb])[C@H]3C)C(C)[C@H]2C)C(C)[C@@H](C)[C@@H]1C. The summed E-state index contributed by atoms with van der Waals surface area (Å²) in [5.74, 6) is 1.79. The molecule has 3 fully saturated rings. The number of hydrogen-bond donors (Lipinski definition) is 0. The monoisotopic (exact) mass is 566 g/mol. The van der Waals surface area contributed by atoms with Gasteiger partial charge in [0, 0.05) is 0 Å². The average Bonchev–Trinajstić information content (AvgIpc) is 2.83. The number of ether oxygens (including phenoxy) is 5. The predicted octanol–water partition coefficient (Wildman–Crippen LogP) is 5.18. The van der Waals surface area contributed by atoms with Crippen LogP contribution in [0.2, 0.25) is -1.01 Å². The predicted molar refractivity (Wildman–Crippen MR) is 137 cm³/mol. The maximum absolute atomic E-state index is 12.8. The Morgan fingerprint density at radius 1 is 0.686 bits per heavy atom. The van der Waals surface area contributed by atoms with Crippen molar-refractivity contribution < 1.29 is 28.5 Å². The molecule has 0 aromatic rings. The molecule has 15 atom stereocenters. The molecule has 0 spiro atoms. The molecule has 7 unspecified atom stereocenters. The molecule has 6 nitrogen and oxygen atoms in total. The summed E-state index contributed by atoms with van der Waals surface area (Å²) < 4.78 is 33.2. The van der Waals surface area contributed by atoms with Crippen LogP contribution in [0.1, 0.15) is 82.1 Å². The minimum absolute atomic E-state index is 0.0121. The summed E-state index contributed by atoms with van der Waals surface area (Å²) in [6, 6.07) is 0. The Kier molecular flexibility index (Phi) is 11.5. The first-order valence-corrected chi connectivity index (χ1v) is 17.0. The number of ketones is 1. The van der Waals surface area contributed by atoms with Gasteiger partial charge in [0.05, 0.1) is 0 Å². The molecular weight excluding hydrogens is 518 g/mol. The zero-order valence-electron chi connectivity index (χ0n) is 24.0. The summed E-state index contributed by atoms with van der Waals surface area (Å²) in [5.41, 5.74) is 0. The van der Waals surface area contributed by atoms with E-state index in [1.54, 1.807) is 6.92 Å². The second-order valence-corrected chi connectivity index (χ2v) is 15.3. The van der Waals surface area contributed by atoms with Crippen molar-refractivity contribution >= 4 is 61.3 Å². The van der Waals surface area contributed by atoms with Crippen LogP contribution < -0.4 is 0 Å². The second-order valence-electron chi connectivity index (χ2n) is 12.0. The van der Waals surface area contributed by atoms with Gasteiger partial charge in [0.25, 0.3) is 0 Å². The van der Waals surface area contributed by atoms with Gasteiger partial charge in [0.15, 0.2) is 0 Å². The molecular formula is C28H49O6Rb. The summed E-state index contributed by atoms with van der Waals surface area (Å²) in [6.45, 7) is 21.5. The summed E-state index contributed by atoms with van der Waals surface area (Å²) in [7, 11) is 0. The molecule has 3 aliphatic heterocycles. The van der Waals surface area contributed by atoms with Crippen LogP contribution >= 0.6 is 0 Å². The third kappa shape index (κ3) is 6.54. The molecule has 198 valence electrons. The van der Waals surface area contributed by atoms with E-state index in [1.165, 1.54) is 0 Å². The minimum atomic E-state index is -0.660. The van der Waals surface area contributed by atoms with E-state index >= 15 is 0 Å². The first-order chi connectivity index (χ1) is 16.4. The van der Waals surface area contributed by atoms with Crippen LogP contribution in [0.3, 0.4) is 0 Å². The second kappa shape index (κ2) is 13.1. The molecule has 0 saturated carbocycles. The summed E-state index contributed by atoms with van der Waals surface area (Å²) in [5, 5.41) is 0. The van der Waals surface area contributed by atoms with E-state index < -0.39 is 12.4 Å². The molecule has 0 N–H and O–H groups in total. The molecule has 0 aliphatic carbocycles. The van der Waals surface area contributed by atoms with Gasteiger partial charge in [-0.05, 0) is 12.3 Å². The van der Waals surface area contributed by atoms with E-state index in [0.29, 0.717) is 78.4 Å². The van der Waals surface area contributed by atoms with Gasteiger partial charge in [-0.25, -0.2) is 0 Å². The van der Waals surface area contributed by atoms with E-state index in [1.807, 2.05) is 0 Å². The van der Waals surface area contributed by atoms with Crippen LogP contribution in [0.15, 0.2) is 0 Å². The van der Waals surface area contributed by atoms with Crippen LogP contribution in [0.4, 0.5) is 0 Å². The smallest absolute Gasteiger partial charge is 0.0617 e. The normalized spacial score (nSPS) is 51.3. The standard InChI is InChI=1S/C28H49O6.Rb/c1-11-22-17(6)16(5)19(8)27(31-22)33-25-18(7)20(9)28(34-26(25)21(10)29)32-24-14(3)13-15(4)30-23(24)12-2;/h13-20,22-28H,11-12H2,1-10H3;/t14-,15?,16+,17+,18-,19?,20?,22?,23?,24+,25+,26?,27+,28-;/m1./s1. The fourth-order valence-corrected chi connectivity index (χ4v) is 7.67. The van der Waals surface area contributed by atoms with Crippen LogP contribution in [-0.4, -0.2) is 111 Å². The Balaban J connectivity index is 1.77. The Morgan fingerprint density at radius 2 is 1.23 bits per heavy atom. The van der Waals surface area contributed by atoms with Crippen molar-refractivity contribution in [2.24, 2.45) is 35.5 Å². The molecule has 3 rings (SSSR count). The van der Waals surface area contributed by atoms with Crippen LogP contribution in [0, 0.1) is 35.5 Å². The van der Waals surface area contributed by atoms with E-state index in [-0.39, 0.29) is 54.2 Å². The Morgan fingerprint density at radius 3 is 1.80 bits per heavy atom. The van der Waals surface area contributed by atoms with E-state index in [0.717, 1.165) is 12.8 Å². The Bertz CT molecular complexity index is 701. The van der Waals surface area contributed by atoms with Gasteiger partial charge in [0.2, 0.25) is 0 Å². The third-order valence-electron chi connectivity index (χ3n) is 9.97. The quantitative estimate of drug-likeness (QED) is 0.423. The maximum atomic E-state index is 12.8. The van der Waals surface area contributed by atoms with Gasteiger partial charge in [-0.15, -0.1) is 0 Å². The van der Waals surface area contributed by atoms with Crippen molar-refractivity contribution in [3.63, 3.8) is 0 Å². The number of carbonyl (C=O) groups is 1. The van der Waals surface area contributed by atoms with Crippen molar-refractivity contribution in [3.8, 4) is 0 Å². The number of rotatable bonds is 7. The summed E-state index contributed by atoms with van der Waals surface area (Å²) in [4.78, 5) is 12.8. The molecule has 0 radical (unpaired) electrons. The number of carbonyl (C=O) groups excluding carboxylic acids is 1. The van der Waals surface area contributed by atoms with Gasteiger partial charge in [-0.2, -0.15) is 0 Å². The zero-order chi connectivity index (χ0) is 26.2. The van der Waals surface area contributed by atoms with E-state index in [4.69, 9.17) is 23.7 Å². The molecule has 3 aliphatic rings. The van der Waals surface area contributed by atoms with Crippen LogP contribution in [0.25, 0.3) is 0 Å².